The molecule has 0 heterocycles. The number of hydrogen-bond donors (Lipinski definition) is 0. The lowest BCUT2D eigenvalue weighted by atomic mass is 9.98. The summed E-state index contributed by atoms with van der Waals surface area (Å²) in [4.78, 5) is 0. The maximum Gasteiger partial charge on any atom is -0.0264 e. The minimum Gasteiger partial charge on any atom is -0.103 e. The van der Waals surface area contributed by atoms with Crippen molar-refractivity contribution in [3.05, 3.63) is 25.3 Å². The maximum atomic E-state index is 3.74. The molecule has 0 aromatic rings. The predicted octanol–water partition coefficient (Wildman–Crippen LogP) is 6.24. The van der Waals surface area contributed by atoms with Gasteiger partial charge in [-0.1, -0.05) is 66.5 Å². The van der Waals surface area contributed by atoms with Crippen molar-refractivity contribution in [3.8, 4) is 0 Å². The Morgan fingerprint density at radius 2 is 0.938 bits per heavy atom. The van der Waals surface area contributed by atoms with Crippen molar-refractivity contribution in [2.45, 2.75) is 67.2 Å². The van der Waals surface area contributed by atoms with Crippen LogP contribution in [0.3, 0.4) is 0 Å². The van der Waals surface area contributed by atoms with Gasteiger partial charge in [0, 0.05) is 0 Å². The summed E-state index contributed by atoms with van der Waals surface area (Å²) in [7, 11) is 0. The largest absolute Gasteiger partial charge is 0.103 e. The van der Waals surface area contributed by atoms with Crippen LogP contribution in [-0.2, 0) is 0 Å². The molecule has 0 N–H and O–H groups in total. The van der Waals surface area contributed by atoms with Crippen LogP contribution in [0.25, 0.3) is 0 Å². The highest BCUT2D eigenvalue weighted by Crippen LogP contribution is 2.12. The summed E-state index contributed by atoms with van der Waals surface area (Å²) in [6.07, 6.45) is 8.99. The highest BCUT2D eigenvalue weighted by molar-refractivity contribution is 4.79. The van der Waals surface area contributed by atoms with Gasteiger partial charge in [-0.25, -0.2) is 0 Å². The summed E-state index contributed by atoms with van der Waals surface area (Å²) in [6, 6.07) is 0. The van der Waals surface area contributed by atoms with Gasteiger partial charge in [0.1, 0.15) is 0 Å². The van der Waals surface area contributed by atoms with Crippen molar-refractivity contribution >= 4 is 0 Å². The topological polar surface area (TPSA) is 0 Å². The van der Waals surface area contributed by atoms with E-state index in [1.165, 1.54) is 25.7 Å². The van der Waals surface area contributed by atoms with Crippen molar-refractivity contribution in [2.24, 2.45) is 11.8 Å². The van der Waals surface area contributed by atoms with E-state index in [2.05, 4.69) is 54.7 Å². The molecule has 2 unspecified atom stereocenters. The molecule has 0 heteroatoms. The van der Waals surface area contributed by atoms with Gasteiger partial charge in [-0.05, 0) is 24.7 Å². The summed E-state index contributed by atoms with van der Waals surface area (Å²) in [5, 5.41) is 0. The van der Waals surface area contributed by atoms with Crippen LogP contribution < -0.4 is 0 Å². The molecule has 2 atom stereocenters. The van der Waals surface area contributed by atoms with Crippen molar-refractivity contribution in [1.82, 2.24) is 0 Å². The Morgan fingerprint density at radius 1 is 0.750 bits per heavy atom. The van der Waals surface area contributed by atoms with Crippen LogP contribution in [-0.4, -0.2) is 0 Å². The third kappa shape index (κ3) is 29.2. The van der Waals surface area contributed by atoms with Crippen LogP contribution in [0.5, 0.6) is 0 Å². The normalized spacial score (nSPS) is 12.1. The van der Waals surface area contributed by atoms with Crippen LogP contribution in [0.4, 0.5) is 0 Å². The Hall–Kier alpha value is -0.520. The van der Waals surface area contributed by atoms with Gasteiger partial charge in [-0.15, -0.1) is 13.2 Å². The fourth-order valence-corrected chi connectivity index (χ4v) is 0.761. The second-order valence-corrected chi connectivity index (χ2v) is 4.42. The van der Waals surface area contributed by atoms with E-state index in [0.717, 1.165) is 0 Å². The van der Waals surface area contributed by atoms with Gasteiger partial charge in [-0.2, -0.15) is 0 Å². The quantitative estimate of drug-likeness (QED) is 0.486. The Labute approximate surface area is 105 Å². The molecule has 0 aliphatic rings. The standard InChI is InChI=1S/C10H18.2C3H8/c1-5-9(3)7-8-10(4)6-2;2*1-3-2/h5-6,9-10H,1-2,7-8H2,3-4H3;2*3H2,1-2H3. The Bertz CT molecular complexity index is 108. The van der Waals surface area contributed by atoms with E-state index in [-0.39, 0.29) is 0 Å². The number of rotatable bonds is 5. The highest BCUT2D eigenvalue weighted by atomic mass is 14.0. The zero-order chi connectivity index (χ0) is 13.4. The summed E-state index contributed by atoms with van der Waals surface area (Å²) in [5.41, 5.74) is 0. The van der Waals surface area contributed by atoms with E-state index in [9.17, 15) is 0 Å². The molecule has 0 rings (SSSR count). The summed E-state index contributed by atoms with van der Waals surface area (Å²) >= 11 is 0. The lowest BCUT2D eigenvalue weighted by Gasteiger charge is -2.07. The lowest BCUT2D eigenvalue weighted by molar-refractivity contribution is 0.536. The minimum atomic E-state index is 0.655. The number of hydrogen-bond acceptors (Lipinski definition) is 0. The molecule has 0 saturated heterocycles. The Kier molecular flexibility index (Phi) is 26.0. The second-order valence-electron chi connectivity index (χ2n) is 4.42. The van der Waals surface area contributed by atoms with Crippen LogP contribution in [0.2, 0.25) is 0 Å². The van der Waals surface area contributed by atoms with E-state index >= 15 is 0 Å². The molecule has 0 radical (unpaired) electrons. The molecule has 0 fully saturated rings. The molecule has 0 bridgehead atoms. The molecular formula is C16H34. The first-order chi connectivity index (χ1) is 7.53. The average molecular weight is 226 g/mol. The fraction of sp³-hybridized carbons (Fsp3) is 0.750. The van der Waals surface area contributed by atoms with Gasteiger partial charge in [-0.3, -0.25) is 0 Å². The first kappa shape index (κ1) is 20.8. The first-order valence-electron chi connectivity index (χ1n) is 6.78. The van der Waals surface area contributed by atoms with Crippen LogP contribution in [0, 0.1) is 11.8 Å². The highest BCUT2D eigenvalue weighted by Gasteiger charge is 1.99. The van der Waals surface area contributed by atoms with E-state index in [1.54, 1.807) is 0 Å². The average Bonchev–Trinajstić information content (AvgIpc) is 2.27. The zero-order valence-electron chi connectivity index (χ0n) is 12.6. The molecule has 0 amide bonds. The van der Waals surface area contributed by atoms with Gasteiger partial charge >= 0.3 is 0 Å². The Balaban J connectivity index is -0.000000235. The fourth-order valence-electron chi connectivity index (χ4n) is 0.761. The van der Waals surface area contributed by atoms with Gasteiger partial charge in [0.25, 0.3) is 0 Å². The van der Waals surface area contributed by atoms with Crippen molar-refractivity contribution in [2.75, 3.05) is 0 Å². The lowest BCUT2D eigenvalue weighted by Crippen LogP contribution is -1.94. The predicted molar refractivity (Wildman–Crippen MR) is 79.9 cm³/mol. The maximum absolute atomic E-state index is 3.74. The summed E-state index contributed by atoms with van der Waals surface area (Å²) < 4.78 is 0. The molecule has 98 valence electrons. The van der Waals surface area contributed by atoms with Gasteiger partial charge in [0.05, 0.1) is 0 Å². The first-order valence-corrected chi connectivity index (χ1v) is 6.78. The van der Waals surface area contributed by atoms with E-state index in [0.29, 0.717) is 11.8 Å². The van der Waals surface area contributed by atoms with E-state index < -0.39 is 0 Å². The molecule has 0 nitrogen and oxygen atoms in total. The molecular weight excluding hydrogens is 192 g/mol. The number of allylic oxidation sites excluding steroid dienone is 2. The van der Waals surface area contributed by atoms with Crippen LogP contribution >= 0.6 is 0 Å². The van der Waals surface area contributed by atoms with Crippen molar-refractivity contribution < 1.29 is 0 Å². The molecule has 0 aromatic heterocycles. The SMILES string of the molecule is C=CC(C)CCC(C)C=C.CCC.CCC. The van der Waals surface area contributed by atoms with Gasteiger partial charge in [0.15, 0.2) is 0 Å². The molecule has 0 saturated carbocycles. The summed E-state index contributed by atoms with van der Waals surface area (Å²) in [5.74, 6) is 1.31. The molecule has 0 aliphatic carbocycles. The molecule has 0 aliphatic heterocycles. The third-order valence-corrected chi connectivity index (χ3v) is 1.88. The van der Waals surface area contributed by atoms with E-state index in [4.69, 9.17) is 0 Å². The van der Waals surface area contributed by atoms with Crippen molar-refractivity contribution in [3.63, 3.8) is 0 Å². The third-order valence-electron chi connectivity index (χ3n) is 1.88. The van der Waals surface area contributed by atoms with Crippen molar-refractivity contribution in [1.29, 1.82) is 0 Å². The van der Waals surface area contributed by atoms with Gasteiger partial charge < -0.3 is 0 Å². The summed E-state index contributed by atoms with van der Waals surface area (Å²) in [6.45, 7) is 20.4. The Morgan fingerprint density at radius 3 is 1.06 bits per heavy atom. The van der Waals surface area contributed by atoms with Crippen LogP contribution in [0.15, 0.2) is 25.3 Å². The monoisotopic (exact) mass is 226 g/mol. The van der Waals surface area contributed by atoms with Crippen LogP contribution in [0.1, 0.15) is 67.2 Å². The van der Waals surface area contributed by atoms with E-state index in [1.807, 2.05) is 12.2 Å². The smallest absolute Gasteiger partial charge is 0.0264 e. The minimum absolute atomic E-state index is 0.655. The zero-order valence-corrected chi connectivity index (χ0v) is 12.6. The molecule has 16 heavy (non-hydrogen) atoms. The molecule has 0 spiro atoms. The molecule has 0 aromatic carbocycles. The second kappa shape index (κ2) is 20.0. The van der Waals surface area contributed by atoms with Gasteiger partial charge in [0.2, 0.25) is 0 Å².